The summed E-state index contributed by atoms with van der Waals surface area (Å²) in [5, 5.41) is 10.5. The fourth-order valence-corrected chi connectivity index (χ4v) is 1.30. The number of likely N-dealkylation sites (N-methyl/N-ethyl adjacent to an activating group) is 1. The molecule has 0 radical (unpaired) electrons. The molecule has 0 spiro atoms. The molecule has 0 fully saturated rings. The number of aryl methyl sites for hydroxylation is 1. The first-order chi connectivity index (χ1) is 7.90. The first-order valence-corrected chi connectivity index (χ1v) is 5.07. The van der Waals surface area contributed by atoms with Crippen LogP contribution in [0.3, 0.4) is 0 Å². The van der Waals surface area contributed by atoms with Crippen LogP contribution in [0.1, 0.15) is 5.69 Å². The molecule has 1 rings (SSSR count). The second-order valence-electron chi connectivity index (χ2n) is 3.70. The highest BCUT2D eigenvalue weighted by molar-refractivity contribution is 4.95. The van der Waals surface area contributed by atoms with Crippen molar-refractivity contribution in [1.82, 2.24) is 20.3 Å². The van der Waals surface area contributed by atoms with Crippen LogP contribution in [0, 0.1) is 0 Å². The molecule has 0 amide bonds. The number of halogens is 3. The summed E-state index contributed by atoms with van der Waals surface area (Å²) in [4.78, 5) is 0. The van der Waals surface area contributed by atoms with Crippen LogP contribution in [0.2, 0.25) is 0 Å². The Labute approximate surface area is 96.9 Å². The van der Waals surface area contributed by atoms with Gasteiger partial charge in [-0.25, -0.2) is 0 Å². The van der Waals surface area contributed by atoms with E-state index < -0.39 is 12.8 Å². The molecule has 1 unspecified atom stereocenters. The number of nitrogens with one attached hydrogen (secondary N) is 1. The molecule has 1 aromatic rings. The second kappa shape index (κ2) is 5.97. The van der Waals surface area contributed by atoms with Gasteiger partial charge in [-0.2, -0.15) is 13.2 Å². The molecule has 0 bridgehead atoms. The van der Waals surface area contributed by atoms with Crippen LogP contribution >= 0.6 is 0 Å². The molecular weight excluding hydrogens is 237 g/mol. The second-order valence-corrected chi connectivity index (χ2v) is 3.70. The smallest absolute Gasteiger partial charge is 0.370 e. The zero-order valence-corrected chi connectivity index (χ0v) is 9.66. The van der Waals surface area contributed by atoms with E-state index in [-0.39, 0.29) is 12.6 Å². The van der Waals surface area contributed by atoms with E-state index in [0.29, 0.717) is 12.1 Å². The molecule has 8 heteroatoms. The Kier molecular flexibility index (Phi) is 4.88. The highest BCUT2D eigenvalue weighted by atomic mass is 19.4. The van der Waals surface area contributed by atoms with Crippen molar-refractivity contribution in [3.63, 3.8) is 0 Å². The first kappa shape index (κ1) is 13.9. The van der Waals surface area contributed by atoms with E-state index in [1.807, 2.05) is 0 Å². The molecule has 0 aliphatic rings. The van der Waals surface area contributed by atoms with Crippen LogP contribution in [0.4, 0.5) is 13.2 Å². The number of ether oxygens (including phenoxy) is 1. The summed E-state index contributed by atoms with van der Waals surface area (Å²) in [5.74, 6) is 0. The Morgan fingerprint density at radius 1 is 1.53 bits per heavy atom. The van der Waals surface area contributed by atoms with E-state index in [4.69, 9.17) is 0 Å². The van der Waals surface area contributed by atoms with Crippen LogP contribution in [0.15, 0.2) is 6.20 Å². The van der Waals surface area contributed by atoms with Crippen molar-refractivity contribution >= 4 is 0 Å². The van der Waals surface area contributed by atoms with Crippen molar-refractivity contribution in [3.05, 3.63) is 11.9 Å². The van der Waals surface area contributed by atoms with E-state index in [0.717, 1.165) is 0 Å². The summed E-state index contributed by atoms with van der Waals surface area (Å²) in [7, 11) is 3.39. The predicted octanol–water partition coefficient (Wildman–Crippen LogP) is 0.524. The average Bonchev–Trinajstić information content (AvgIpc) is 2.60. The van der Waals surface area contributed by atoms with Crippen LogP contribution in [0.25, 0.3) is 0 Å². The molecule has 0 aliphatic carbocycles. The lowest BCUT2D eigenvalue weighted by Gasteiger charge is -2.15. The normalized spacial score (nSPS) is 13.9. The fourth-order valence-electron chi connectivity index (χ4n) is 1.30. The van der Waals surface area contributed by atoms with Crippen molar-refractivity contribution in [2.45, 2.75) is 18.6 Å². The molecule has 0 saturated heterocycles. The zero-order chi connectivity index (χ0) is 12.9. The third-order valence-corrected chi connectivity index (χ3v) is 2.10. The highest BCUT2D eigenvalue weighted by Crippen LogP contribution is 2.14. The van der Waals surface area contributed by atoms with Gasteiger partial charge in [0.05, 0.1) is 12.3 Å². The molecule has 1 N–H and O–H groups in total. The average molecular weight is 252 g/mol. The lowest BCUT2D eigenvalue weighted by molar-refractivity contribution is -0.175. The third kappa shape index (κ3) is 5.64. The van der Waals surface area contributed by atoms with Crippen LogP contribution in [-0.2, 0) is 18.2 Å². The van der Waals surface area contributed by atoms with Gasteiger partial charge in [0.15, 0.2) is 0 Å². The van der Waals surface area contributed by atoms with Crippen molar-refractivity contribution in [1.29, 1.82) is 0 Å². The van der Waals surface area contributed by atoms with Gasteiger partial charge in [0.25, 0.3) is 0 Å². The largest absolute Gasteiger partial charge is 0.411 e. The van der Waals surface area contributed by atoms with Gasteiger partial charge < -0.3 is 10.1 Å². The quantitative estimate of drug-likeness (QED) is 0.802. The Balaban J connectivity index is 2.34. The Hall–Kier alpha value is -1.15. The van der Waals surface area contributed by atoms with Crippen LogP contribution in [-0.4, -0.2) is 47.5 Å². The van der Waals surface area contributed by atoms with Crippen molar-refractivity contribution in [2.24, 2.45) is 7.05 Å². The number of alkyl halides is 3. The number of aromatic nitrogens is 3. The van der Waals surface area contributed by atoms with Gasteiger partial charge in [0, 0.05) is 25.7 Å². The number of nitrogens with zero attached hydrogens (tertiary/aromatic N) is 3. The minimum atomic E-state index is -4.29. The minimum absolute atomic E-state index is 0.0212. The Morgan fingerprint density at radius 3 is 2.71 bits per heavy atom. The molecule has 17 heavy (non-hydrogen) atoms. The zero-order valence-electron chi connectivity index (χ0n) is 9.66. The van der Waals surface area contributed by atoms with E-state index in [2.05, 4.69) is 20.4 Å². The summed E-state index contributed by atoms with van der Waals surface area (Å²) in [6.07, 6.45) is -2.10. The number of hydrogen-bond donors (Lipinski definition) is 1. The lowest BCUT2D eigenvalue weighted by Crippen LogP contribution is -2.34. The minimum Gasteiger partial charge on any atom is -0.370 e. The Morgan fingerprint density at radius 2 is 2.24 bits per heavy atom. The topological polar surface area (TPSA) is 52.0 Å². The lowest BCUT2D eigenvalue weighted by atomic mass is 10.2. The summed E-state index contributed by atoms with van der Waals surface area (Å²) in [6, 6.07) is -0.214. The van der Waals surface area contributed by atoms with Crippen LogP contribution < -0.4 is 5.32 Å². The fraction of sp³-hybridized carbons (Fsp3) is 0.778. The standard InChI is InChI=1S/C9H15F3N4O/c1-13-8(5-17-6-9(10,11)12)3-7-4-16(2)15-14-7/h4,8,13H,3,5-6H2,1-2H3. The van der Waals surface area contributed by atoms with Gasteiger partial charge in [0.1, 0.15) is 6.61 Å². The third-order valence-electron chi connectivity index (χ3n) is 2.10. The van der Waals surface area contributed by atoms with Crippen LogP contribution in [0.5, 0.6) is 0 Å². The molecule has 0 aromatic carbocycles. The number of rotatable bonds is 6. The summed E-state index contributed by atoms with van der Waals surface area (Å²) in [6.45, 7) is -1.25. The molecule has 5 nitrogen and oxygen atoms in total. The molecular formula is C9H15F3N4O. The first-order valence-electron chi connectivity index (χ1n) is 5.07. The summed E-state index contributed by atoms with van der Waals surface area (Å²) >= 11 is 0. The molecule has 0 aliphatic heterocycles. The van der Waals surface area contributed by atoms with Gasteiger partial charge >= 0.3 is 6.18 Å². The summed E-state index contributed by atoms with van der Waals surface area (Å²) < 4.78 is 41.7. The monoisotopic (exact) mass is 252 g/mol. The highest BCUT2D eigenvalue weighted by Gasteiger charge is 2.27. The van der Waals surface area contributed by atoms with Gasteiger partial charge in [-0.15, -0.1) is 5.10 Å². The maximum absolute atomic E-state index is 11.9. The van der Waals surface area contributed by atoms with E-state index in [1.165, 1.54) is 0 Å². The maximum atomic E-state index is 11.9. The molecule has 1 atom stereocenters. The van der Waals surface area contributed by atoms with E-state index in [9.17, 15) is 13.2 Å². The van der Waals surface area contributed by atoms with Crippen molar-refractivity contribution < 1.29 is 17.9 Å². The van der Waals surface area contributed by atoms with Gasteiger partial charge in [-0.1, -0.05) is 5.21 Å². The maximum Gasteiger partial charge on any atom is 0.411 e. The molecule has 0 saturated carbocycles. The van der Waals surface area contributed by atoms with E-state index >= 15 is 0 Å². The Bertz CT molecular complexity index is 339. The van der Waals surface area contributed by atoms with E-state index in [1.54, 1.807) is 25.0 Å². The SMILES string of the molecule is CNC(COCC(F)(F)F)Cc1cn(C)nn1. The molecule has 98 valence electrons. The van der Waals surface area contributed by atoms with Crippen molar-refractivity contribution in [2.75, 3.05) is 20.3 Å². The summed E-state index contributed by atoms with van der Waals surface area (Å²) in [5.41, 5.74) is 0.711. The van der Waals surface area contributed by atoms with Gasteiger partial charge in [0.2, 0.25) is 0 Å². The van der Waals surface area contributed by atoms with Gasteiger partial charge in [-0.05, 0) is 7.05 Å². The molecule has 1 heterocycles. The van der Waals surface area contributed by atoms with Gasteiger partial charge in [-0.3, -0.25) is 4.68 Å². The van der Waals surface area contributed by atoms with Crippen molar-refractivity contribution in [3.8, 4) is 0 Å². The number of hydrogen-bond acceptors (Lipinski definition) is 4. The predicted molar refractivity (Wildman–Crippen MR) is 54.4 cm³/mol. The molecule has 1 aromatic heterocycles.